The number of hydrogen-bond acceptors (Lipinski definition) is 2. The molecule has 0 atom stereocenters. The molecule has 20 heavy (non-hydrogen) atoms. The topological polar surface area (TPSA) is 30.0 Å². The summed E-state index contributed by atoms with van der Waals surface area (Å²) >= 11 is 0. The Morgan fingerprint density at radius 1 is 1.20 bits per heavy atom. The van der Waals surface area contributed by atoms with Crippen LogP contribution in [0.1, 0.15) is 35.3 Å². The standard InChI is InChI=1S/C18H19NO/c1-14(2)12-15-5-8-17(9-6-15)18(20)10-7-16-4-3-11-19-13-16/h3-11,13-14H,12H2,1-2H3/b10-7+. The van der Waals surface area contributed by atoms with Crippen LogP contribution in [-0.2, 0) is 6.42 Å². The van der Waals surface area contributed by atoms with Crippen LogP contribution in [0.4, 0.5) is 0 Å². The largest absolute Gasteiger partial charge is 0.289 e. The van der Waals surface area contributed by atoms with Gasteiger partial charge in [-0.25, -0.2) is 0 Å². The van der Waals surface area contributed by atoms with Gasteiger partial charge in [0.15, 0.2) is 5.78 Å². The Balaban J connectivity index is 2.04. The molecule has 2 aromatic rings. The highest BCUT2D eigenvalue weighted by molar-refractivity contribution is 6.06. The van der Waals surface area contributed by atoms with Crippen molar-refractivity contribution in [2.45, 2.75) is 20.3 Å². The van der Waals surface area contributed by atoms with Gasteiger partial charge < -0.3 is 0 Å². The Hall–Kier alpha value is -2.22. The van der Waals surface area contributed by atoms with Crippen molar-refractivity contribution in [1.82, 2.24) is 4.98 Å². The summed E-state index contributed by atoms with van der Waals surface area (Å²) in [5.74, 6) is 0.645. The predicted octanol–water partition coefficient (Wildman–Crippen LogP) is 4.18. The van der Waals surface area contributed by atoms with E-state index in [0.29, 0.717) is 5.92 Å². The predicted molar refractivity (Wildman–Crippen MR) is 82.6 cm³/mol. The van der Waals surface area contributed by atoms with Crippen molar-refractivity contribution in [1.29, 1.82) is 0 Å². The van der Waals surface area contributed by atoms with Crippen LogP contribution in [0.2, 0.25) is 0 Å². The van der Waals surface area contributed by atoms with Crippen molar-refractivity contribution in [3.63, 3.8) is 0 Å². The van der Waals surface area contributed by atoms with E-state index in [2.05, 4.69) is 18.8 Å². The third kappa shape index (κ3) is 4.16. The smallest absolute Gasteiger partial charge is 0.185 e. The summed E-state index contributed by atoms with van der Waals surface area (Å²) in [4.78, 5) is 16.1. The molecule has 2 rings (SSSR count). The molecule has 0 radical (unpaired) electrons. The van der Waals surface area contributed by atoms with E-state index < -0.39 is 0 Å². The van der Waals surface area contributed by atoms with Gasteiger partial charge in [0.05, 0.1) is 0 Å². The van der Waals surface area contributed by atoms with Crippen molar-refractivity contribution in [3.05, 3.63) is 71.6 Å². The lowest BCUT2D eigenvalue weighted by molar-refractivity contribution is 0.104. The lowest BCUT2D eigenvalue weighted by Gasteiger charge is -2.05. The van der Waals surface area contributed by atoms with Gasteiger partial charge in [-0.2, -0.15) is 0 Å². The van der Waals surface area contributed by atoms with Crippen molar-refractivity contribution in [2.75, 3.05) is 0 Å². The Kier molecular flexibility index (Phi) is 4.83. The molecule has 0 aliphatic heterocycles. The van der Waals surface area contributed by atoms with Crippen LogP contribution < -0.4 is 0 Å². The number of hydrogen-bond donors (Lipinski definition) is 0. The van der Waals surface area contributed by atoms with Gasteiger partial charge in [0.1, 0.15) is 0 Å². The molecule has 1 aromatic carbocycles. The van der Waals surface area contributed by atoms with Gasteiger partial charge in [0.2, 0.25) is 0 Å². The monoisotopic (exact) mass is 265 g/mol. The quantitative estimate of drug-likeness (QED) is 0.599. The van der Waals surface area contributed by atoms with E-state index in [-0.39, 0.29) is 5.78 Å². The molecule has 0 unspecified atom stereocenters. The maximum Gasteiger partial charge on any atom is 0.185 e. The molecule has 2 nitrogen and oxygen atoms in total. The van der Waals surface area contributed by atoms with Gasteiger partial charge in [-0.3, -0.25) is 9.78 Å². The number of allylic oxidation sites excluding steroid dienone is 1. The first-order valence-corrected chi connectivity index (χ1v) is 6.86. The molecule has 0 fully saturated rings. The summed E-state index contributed by atoms with van der Waals surface area (Å²) < 4.78 is 0. The van der Waals surface area contributed by atoms with E-state index in [4.69, 9.17) is 0 Å². The lowest BCUT2D eigenvalue weighted by atomic mass is 10.0. The molecule has 1 aromatic heterocycles. The molecule has 0 amide bonds. The highest BCUT2D eigenvalue weighted by Gasteiger charge is 2.03. The fourth-order valence-corrected chi connectivity index (χ4v) is 2.02. The SMILES string of the molecule is CC(C)Cc1ccc(C(=O)/C=C/c2cccnc2)cc1. The van der Waals surface area contributed by atoms with E-state index in [0.717, 1.165) is 17.5 Å². The zero-order chi connectivity index (χ0) is 14.4. The van der Waals surface area contributed by atoms with Gasteiger partial charge in [-0.15, -0.1) is 0 Å². The highest BCUT2D eigenvalue weighted by atomic mass is 16.1. The van der Waals surface area contributed by atoms with Crippen LogP contribution in [0.15, 0.2) is 54.9 Å². The number of ketones is 1. The molecule has 102 valence electrons. The van der Waals surface area contributed by atoms with Gasteiger partial charge >= 0.3 is 0 Å². The van der Waals surface area contributed by atoms with E-state index in [1.54, 1.807) is 24.5 Å². The van der Waals surface area contributed by atoms with Crippen molar-refractivity contribution in [3.8, 4) is 0 Å². The van der Waals surface area contributed by atoms with Crippen LogP contribution in [0.25, 0.3) is 6.08 Å². The molecular weight excluding hydrogens is 246 g/mol. The van der Waals surface area contributed by atoms with Crippen molar-refractivity contribution >= 4 is 11.9 Å². The summed E-state index contributed by atoms with van der Waals surface area (Å²) in [6.07, 6.45) is 7.87. The average molecular weight is 265 g/mol. The van der Waals surface area contributed by atoms with E-state index in [9.17, 15) is 4.79 Å². The first kappa shape index (κ1) is 14.2. The van der Waals surface area contributed by atoms with Gasteiger partial charge in [-0.1, -0.05) is 44.2 Å². The van der Waals surface area contributed by atoms with Crippen LogP contribution in [-0.4, -0.2) is 10.8 Å². The number of benzene rings is 1. The highest BCUT2D eigenvalue weighted by Crippen LogP contribution is 2.11. The fraction of sp³-hybridized carbons (Fsp3) is 0.222. The minimum Gasteiger partial charge on any atom is -0.289 e. The molecule has 0 aliphatic rings. The maximum atomic E-state index is 12.0. The summed E-state index contributed by atoms with van der Waals surface area (Å²) in [5, 5.41) is 0. The van der Waals surface area contributed by atoms with Crippen LogP contribution >= 0.6 is 0 Å². The van der Waals surface area contributed by atoms with E-state index >= 15 is 0 Å². The maximum absolute atomic E-state index is 12.0. The minimum atomic E-state index is 0.0185. The summed E-state index contributed by atoms with van der Waals surface area (Å²) in [5.41, 5.74) is 2.92. The molecule has 2 heteroatoms. The molecule has 0 saturated heterocycles. The summed E-state index contributed by atoms with van der Waals surface area (Å²) in [6.45, 7) is 4.38. The Bertz CT molecular complexity index is 583. The van der Waals surface area contributed by atoms with Crippen molar-refractivity contribution < 1.29 is 4.79 Å². The zero-order valence-corrected chi connectivity index (χ0v) is 11.9. The summed E-state index contributed by atoms with van der Waals surface area (Å²) in [6, 6.07) is 11.6. The number of pyridine rings is 1. The minimum absolute atomic E-state index is 0.0185. The van der Waals surface area contributed by atoms with Crippen molar-refractivity contribution in [2.24, 2.45) is 5.92 Å². The Labute approximate surface area is 120 Å². The van der Waals surface area contributed by atoms with Gasteiger partial charge in [-0.05, 0) is 41.7 Å². The van der Waals surface area contributed by atoms with Crippen LogP contribution in [0, 0.1) is 5.92 Å². The molecular formula is C18H19NO. The van der Waals surface area contributed by atoms with Crippen LogP contribution in [0.3, 0.4) is 0 Å². The third-order valence-corrected chi connectivity index (χ3v) is 2.99. The molecule has 0 N–H and O–H groups in total. The normalized spacial score (nSPS) is 11.2. The Morgan fingerprint density at radius 3 is 2.55 bits per heavy atom. The molecule has 0 bridgehead atoms. The van der Waals surface area contributed by atoms with Crippen LogP contribution in [0.5, 0.6) is 0 Å². The fourth-order valence-electron chi connectivity index (χ4n) is 2.02. The van der Waals surface area contributed by atoms with E-state index in [1.807, 2.05) is 36.4 Å². The molecule has 0 saturated carbocycles. The van der Waals surface area contributed by atoms with E-state index in [1.165, 1.54) is 5.56 Å². The third-order valence-electron chi connectivity index (χ3n) is 2.99. The number of carbonyl (C=O) groups excluding carboxylic acids is 1. The first-order valence-electron chi connectivity index (χ1n) is 6.86. The lowest BCUT2D eigenvalue weighted by Crippen LogP contribution is -1.97. The second-order valence-electron chi connectivity index (χ2n) is 5.28. The second kappa shape index (κ2) is 6.80. The molecule has 0 spiro atoms. The zero-order valence-electron chi connectivity index (χ0n) is 11.9. The average Bonchev–Trinajstić information content (AvgIpc) is 2.46. The number of rotatable bonds is 5. The Morgan fingerprint density at radius 2 is 1.95 bits per heavy atom. The number of nitrogens with zero attached hydrogens (tertiary/aromatic N) is 1. The number of carbonyl (C=O) groups is 1. The van der Waals surface area contributed by atoms with Gasteiger partial charge in [0.25, 0.3) is 0 Å². The molecule has 1 heterocycles. The molecule has 0 aliphatic carbocycles. The second-order valence-corrected chi connectivity index (χ2v) is 5.28. The number of aromatic nitrogens is 1. The van der Waals surface area contributed by atoms with Gasteiger partial charge in [0, 0.05) is 18.0 Å². The first-order chi connectivity index (χ1) is 9.65. The summed E-state index contributed by atoms with van der Waals surface area (Å²) in [7, 11) is 0.